The maximum Gasteiger partial charge on any atom is 0.487 e. The molecular formula is C23H33N10O18P3. The largest absolute Gasteiger partial charge is 0.756 e. The van der Waals surface area contributed by atoms with Crippen molar-refractivity contribution in [1.29, 1.82) is 0 Å². The number of aliphatic hydroxyl groups excluding tert-OH is 4. The summed E-state index contributed by atoms with van der Waals surface area (Å²) in [7, 11) is -13.0. The van der Waals surface area contributed by atoms with Gasteiger partial charge in [0.25, 0.3) is 24.9 Å². The molecule has 3 unspecified atom stereocenters. The molecule has 0 aromatic carbocycles. The van der Waals surface area contributed by atoms with Crippen LogP contribution in [0.5, 0.6) is 0 Å². The number of nitrogens with two attached hydrogens (primary N) is 1. The minimum absolute atomic E-state index is 0.0205. The number of ether oxygens (including phenoxy) is 2. The van der Waals surface area contributed by atoms with Gasteiger partial charge in [-0.1, -0.05) is 4.98 Å². The fourth-order valence-corrected chi connectivity index (χ4v) is 9.10. The van der Waals surface area contributed by atoms with E-state index in [2.05, 4.69) is 42.6 Å². The molecule has 0 radical (unpaired) electrons. The minimum atomic E-state index is -6.06. The number of hydrogen-bond donors (Lipinski definition) is 9. The number of aromatic amines is 2. The summed E-state index contributed by atoms with van der Waals surface area (Å²) < 4.78 is 69.1. The molecule has 2 aliphatic heterocycles. The van der Waals surface area contributed by atoms with Gasteiger partial charge in [-0.15, -0.1) is 0 Å². The van der Waals surface area contributed by atoms with Crippen LogP contribution in [0.15, 0.2) is 22.2 Å². The van der Waals surface area contributed by atoms with Crippen molar-refractivity contribution in [3.63, 3.8) is 0 Å². The van der Waals surface area contributed by atoms with Crippen LogP contribution in [0.3, 0.4) is 0 Å². The van der Waals surface area contributed by atoms with E-state index in [9.17, 15) is 58.4 Å². The molecule has 2 fully saturated rings. The average molecular weight is 830 g/mol. The Bertz CT molecular complexity index is 2330. The predicted octanol–water partition coefficient (Wildman–Crippen LogP) is -4.70. The molecule has 6 rings (SSSR count). The van der Waals surface area contributed by atoms with E-state index in [0.29, 0.717) is 0 Å². The number of fused-ring (bicyclic) bond motifs is 2. The minimum Gasteiger partial charge on any atom is -0.756 e. The Morgan fingerprint density at radius 1 is 0.944 bits per heavy atom. The topological polar surface area (TPSA) is 398 Å². The second-order valence-electron chi connectivity index (χ2n) is 12.1. The maximum atomic E-state index is 12.7. The Morgan fingerprint density at radius 3 is 2.28 bits per heavy atom. The Morgan fingerprint density at radius 2 is 1.59 bits per heavy atom. The number of hydrogen-bond acceptors (Lipinski definition) is 21. The lowest BCUT2D eigenvalue weighted by Gasteiger charge is -2.26. The zero-order valence-corrected chi connectivity index (χ0v) is 30.5. The number of aromatic nitrogens is 8. The Balaban J connectivity index is 1.05. The summed E-state index contributed by atoms with van der Waals surface area (Å²) in [5.41, 5.74) is 4.00. The second kappa shape index (κ2) is 14.5. The number of anilines is 2. The van der Waals surface area contributed by atoms with Crippen LogP contribution in [-0.2, 0) is 47.9 Å². The van der Waals surface area contributed by atoms with Crippen molar-refractivity contribution in [3.05, 3.63) is 33.4 Å². The summed E-state index contributed by atoms with van der Waals surface area (Å²) >= 11 is 0. The number of imidazole rings is 2. The highest BCUT2D eigenvalue weighted by Crippen LogP contribution is 2.66. The molecule has 54 heavy (non-hydrogen) atoms. The Hall–Kier alpha value is -3.53. The molecule has 11 atom stereocenters. The fourth-order valence-electron chi connectivity index (χ4n) is 5.61. The molecule has 0 bridgehead atoms. The summed E-state index contributed by atoms with van der Waals surface area (Å²) in [4.78, 5) is 75.5. The van der Waals surface area contributed by atoms with Gasteiger partial charge in [0.2, 0.25) is 17.7 Å². The predicted molar refractivity (Wildman–Crippen MR) is 172 cm³/mol. The van der Waals surface area contributed by atoms with Gasteiger partial charge in [-0.25, -0.2) is 23.0 Å². The van der Waals surface area contributed by atoms with Gasteiger partial charge in [-0.2, -0.15) is 9.29 Å². The molecule has 10 N–H and O–H groups in total. The third-order valence-electron chi connectivity index (χ3n) is 8.06. The third kappa shape index (κ3) is 7.92. The number of nitrogen functional groups attached to an aromatic ring is 1. The molecule has 2 aliphatic rings. The van der Waals surface area contributed by atoms with Crippen LogP contribution < -0.4 is 31.2 Å². The number of H-pyrrole nitrogens is 2. The molecule has 6 heterocycles. The first kappa shape index (κ1) is 40.1. The quantitative estimate of drug-likeness (QED) is 0.0451. The van der Waals surface area contributed by atoms with Crippen molar-refractivity contribution in [1.82, 2.24) is 34.1 Å². The fraction of sp³-hybridized carbons (Fsp3) is 0.565. The molecule has 0 amide bonds. The Kier molecular flexibility index (Phi) is 10.8. The monoisotopic (exact) mass is 830 g/mol. The molecule has 31 heteroatoms. The number of rotatable bonds is 13. The van der Waals surface area contributed by atoms with E-state index in [-0.39, 0.29) is 34.2 Å². The summed E-state index contributed by atoms with van der Waals surface area (Å²) in [5, 5.41) is 42.3. The molecule has 298 valence electrons. The lowest BCUT2D eigenvalue weighted by atomic mass is 10.1. The number of phosphoric ester groups is 2. The number of aliphatic hydroxyl groups is 4. The zero-order chi connectivity index (χ0) is 39.7. The van der Waals surface area contributed by atoms with Crippen molar-refractivity contribution in [2.24, 2.45) is 7.05 Å². The van der Waals surface area contributed by atoms with Gasteiger partial charge in [-0.3, -0.25) is 37.8 Å². The van der Waals surface area contributed by atoms with Gasteiger partial charge in [0.05, 0.1) is 26.6 Å². The summed E-state index contributed by atoms with van der Waals surface area (Å²) in [6.45, 7) is -2.24. The van der Waals surface area contributed by atoms with Gasteiger partial charge in [-0.05, 0) is 0 Å². The van der Waals surface area contributed by atoms with Crippen LogP contribution in [0.2, 0.25) is 0 Å². The molecule has 0 saturated carbocycles. The molecule has 0 aliphatic carbocycles. The summed E-state index contributed by atoms with van der Waals surface area (Å²) in [6.07, 6.45) is -11.0. The molecule has 0 spiro atoms. The third-order valence-corrected chi connectivity index (χ3v) is 12.3. The average Bonchev–Trinajstić information content (AvgIpc) is 3.78. The molecule has 2 saturated heterocycles. The van der Waals surface area contributed by atoms with Crippen molar-refractivity contribution >= 4 is 57.7 Å². The number of aryl methyl sites for hydroxylation is 1. The van der Waals surface area contributed by atoms with Crippen LogP contribution in [-0.4, -0.2) is 128 Å². The van der Waals surface area contributed by atoms with Crippen LogP contribution in [0.4, 0.5) is 11.9 Å². The van der Waals surface area contributed by atoms with Crippen molar-refractivity contribution in [2.75, 3.05) is 37.9 Å². The highest BCUT2D eigenvalue weighted by atomic mass is 31.3. The SMILES string of the molecule is CN(C)c1nc2c(c(=O)[nH]1)n(C)c[n+]2[C@@H]1O[C@H](COP(=O)([O-])OP(=O)(O)OP(=O)(O)OC[C@H]2O[C@@H](n3cnc4c(=O)[nH]c(N)nc43)[C@H](O)[C@@H]2O)[C@@H](O)[C@H]1O. The van der Waals surface area contributed by atoms with E-state index in [4.69, 9.17) is 15.2 Å². The molecule has 28 nitrogen and oxygen atoms in total. The summed E-state index contributed by atoms with van der Waals surface area (Å²) in [5.74, 6) is -0.174. The molecular weight excluding hydrogens is 797 g/mol. The van der Waals surface area contributed by atoms with Gasteiger partial charge in [0.15, 0.2) is 23.7 Å². The van der Waals surface area contributed by atoms with E-state index in [1.807, 2.05) is 0 Å². The number of nitrogens with zero attached hydrogens (tertiary/aromatic N) is 7. The van der Waals surface area contributed by atoms with E-state index in [0.717, 1.165) is 10.9 Å². The van der Waals surface area contributed by atoms with Gasteiger partial charge in [0, 0.05) is 14.1 Å². The highest BCUT2D eigenvalue weighted by Gasteiger charge is 2.49. The van der Waals surface area contributed by atoms with Crippen LogP contribution in [0.1, 0.15) is 12.5 Å². The van der Waals surface area contributed by atoms with Gasteiger partial charge >= 0.3 is 21.3 Å². The van der Waals surface area contributed by atoms with Gasteiger partial charge in [0.1, 0.15) is 36.6 Å². The van der Waals surface area contributed by atoms with Crippen molar-refractivity contribution in [3.8, 4) is 0 Å². The lowest BCUT2D eigenvalue weighted by Crippen LogP contribution is -2.46. The van der Waals surface area contributed by atoms with Crippen molar-refractivity contribution < 1.29 is 80.5 Å². The normalized spacial score (nSPS) is 29.4. The highest BCUT2D eigenvalue weighted by molar-refractivity contribution is 7.66. The van der Waals surface area contributed by atoms with Crippen LogP contribution in [0, 0.1) is 0 Å². The van der Waals surface area contributed by atoms with Crippen LogP contribution in [0.25, 0.3) is 22.3 Å². The number of phosphoric acid groups is 3. The first-order valence-corrected chi connectivity index (χ1v) is 19.6. The van der Waals surface area contributed by atoms with E-state index in [1.54, 1.807) is 14.1 Å². The maximum absolute atomic E-state index is 12.7. The standard InChI is InChI=1S/C23H33N10O18P3/c1-30(2)23-27-17-11(19(39)29-23)31(3)7-33(17)21-15(37)13(35)9(49-21)5-47-53(42,43)51-54(44,45)50-52(40,41)46-4-8-12(34)14(36)20(48-8)32-6-25-10-16(32)26-22(24)28-18(10)38/h6-9,12-15,20-21,34-37H,4-5H2,1-3H3,(H6-,24,26,27,28,29,38,39,40,41,42,43,44,45)/t8-,9-,12-,13-,14-,15-,20-,21-/m1/s1. The molecule has 4 aromatic heterocycles. The van der Waals surface area contributed by atoms with E-state index < -0.39 is 96.9 Å². The lowest BCUT2D eigenvalue weighted by molar-refractivity contribution is -0.745. The summed E-state index contributed by atoms with van der Waals surface area (Å²) in [6, 6.07) is 0. The smallest absolute Gasteiger partial charge is 0.487 e. The van der Waals surface area contributed by atoms with E-state index >= 15 is 0 Å². The van der Waals surface area contributed by atoms with Gasteiger partial charge < -0.3 is 59.7 Å². The van der Waals surface area contributed by atoms with Crippen molar-refractivity contribution in [2.45, 2.75) is 49.1 Å². The zero-order valence-electron chi connectivity index (χ0n) is 27.8. The van der Waals surface area contributed by atoms with E-state index in [1.165, 1.54) is 27.4 Å². The van der Waals surface area contributed by atoms with Crippen LogP contribution >= 0.6 is 23.5 Å². The Labute approximate surface area is 299 Å². The molecule has 4 aromatic rings. The first-order valence-electron chi connectivity index (χ1n) is 15.2. The number of nitrogens with one attached hydrogen (secondary N) is 2. The second-order valence-corrected chi connectivity index (χ2v) is 16.7. The first-order chi connectivity index (χ1) is 25.1.